The van der Waals surface area contributed by atoms with Crippen LogP contribution in [0.1, 0.15) is 16.1 Å². The molecule has 0 fully saturated rings. The number of furan rings is 1. The van der Waals surface area contributed by atoms with Crippen LogP contribution in [0.3, 0.4) is 0 Å². The van der Waals surface area contributed by atoms with Crippen molar-refractivity contribution in [3.63, 3.8) is 0 Å². The van der Waals surface area contributed by atoms with Gasteiger partial charge in [-0.3, -0.25) is 0 Å². The van der Waals surface area contributed by atoms with Crippen LogP contribution >= 0.6 is 11.6 Å². The minimum absolute atomic E-state index is 0.101. The molecule has 0 aliphatic carbocycles. The molecule has 0 saturated heterocycles. The number of H-pyrrole nitrogens is 2. The van der Waals surface area contributed by atoms with Crippen LogP contribution in [-0.2, 0) is 16.6 Å². The van der Waals surface area contributed by atoms with E-state index >= 15 is 0 Å². The van der Waals surface area contributed by atoms with Gasteiger partial charge in [-0.15, -0.1) is 0 Å². The van der Waals surface area contributed by atoms with E-state index in [0.717, 1.165) is 12.1 Å². The number of aromatic carboxylic acids is 1. The molecular weight excluding hydrogens is 426 g/mol. The SMILES string of the molecule is NS(=O)(=O)c1cc(C(=O)[O-])c(NCc2ccco2)cc1Cl.Nc1cc[nH+]c(=O)[nH]1. The second-order valence-corrected chi connectivity index (χ2v) is 7.42. The number of carboxylic acid groups (broad SMARTS) is 1. The summed E-state index contributed by atoms with van der Waals surface area (Å²) in [5.41, 5.74) is 4.63. The topological polar surface area (TPSA) is 198 Å². The Kier molecular flexibility index (Phi) is 6.98. The van der Waals surface area contributed by atoms with E-state index in [0.29, 0.717) is 11.6 Å². The first-order valence-corrected chi connectivity index (χ1v) is 9.71. The lowest BCUT2D eigenvalue weighted by atomic mass is 10.1. The fourth-order valence-electron chi connectivity index (χ4n) is 2.10. The van der Waals surface area contributed by atoms with E-state index in [2.05, 4.69) is 15.3 Å². The highest BCUT2D eigenvalue weighted by atomic mass is 35.5. The summed E-state index contributed by atoms with van der Waals surface area (Å²) in [5, 5.41) is 18.7. The highest BCUT2D eigenvalue weighted by molar-refractivity contribution is 7.89. The van der Waals surface area contributed by atoms with Gasteiger partial charge in [0.15, 0.2) is 5.82 Å². The molecule has 3 aromatic rings. The van der Waals surface area contributed by atoms with Crippen LogP contribution in [0.15, 0.2) is 56.9 Å². The summed E-state index contributed by atoms with van der Waals surface area (Å²) in [4.78, 5) is 25.7. The molecule has 1 aromatic carbocycles. The number of sulfonamides is 1. The largest absolute Gasteiger partial charge is 0.545 e. The molecule has 2 heterocycles. The second kappa shape index (κ2) is 9.23. The number of hydrogen-bond acceptors (Lipinski definition) is 8. The molecule has 3 rings (SSSR count). The summed E-state index contributed by atoms with van der Waals surface area (Å²) < 4.78 is 27.7. The predicted molar refractivity (Wildman–Crippen MR) is 101 cm³/mol. The molecule has 7 N–H and O–H groups in total. The number of nitrogen functional groups attached to an aromatic ring is 1. The van der Waals surface area contributed by atoms with E-state index in [1.54, 1.807) is 18.2 Å². The van der Waals surface area contributed by atoms with Gasteiger partial charge < -0.3 is 25.4 Å². The molecule has 0 aliphatic heterocycles. The van der Waals surface area contributed by atoms with Gasteiger partial charge >= 0.3 is 5.69 Å². The summed E-state index contributed by atoms with van der Waals surface area (Å²) in [5.74, 6) is -0.627. The number of rotatable bonds is 5. The zero-order valence-corrected chi connectivity index (χ0v) is 16.2. The molecule has 0 radical (unpaired) electrons. The van der Waals surface area contributed by atoms with Crippen LogP contribution in [-0.4, -0.2) is 19.4 Å². The number of anilines is 2. The van der Waals surface area contributed by atoms with Crippen molar-refractivity contribution in [2.75, 3.05) is 11.1 Å². The number of nitrogens with one attached hydrogen (secondary N) is 3. The molecule has 13 heteroatoms. The monoisotopic (exact) mass is 441 g/mol. The zero-order valence-electron chi connectivity index (χ0n) is 14.6. The van der Waals surface area contributed by atoms with Gasteiger partial charge in [-0.05, 0) is 24.3 Å². The number of aromatic nitrogens is 2. The lowest BCUT2D eigenvalue weighted by Gasteiger charge is -2.14. The fourth-order valence-corrected chi connectivity index (χ4v) is 3.20. The molecule has 0 spiro atoms. The maximum atomic E-state index is 11.3. The number of primary sulfonamides is 1. The van der Waals surface area contributed by atoms with E-state index in [1.807, 2.05) is 0 Å². The van der Waals surface area contributed by atoms with E-state index in [1.165, 1.54) is 12.5 Å². The van der Waals surface area contributed by atoms with Gasteiger partial charge in [-0.2, -0.15) is 9.78 Å². The van der Waals surface area contributed by atoms with Crippen molar-refractivity contribution < 1.29 is 27.7 Å². The van der Waals surface area contributed by atoms with Crippen molar-refractivity contribution in [1.29, 1.82) is 0 Å². The van der Waals surface area contributed by atoms with Crippen molar-refractivity contribution in [2.24, 2.45) is 5.14 Å². The van der Waals surface area contributed by atoms with E-state index in [-0.39, 0.29) is 28.5 Å². The molecule has 0 saturated carbocycles. The second-order valence-electron chi connectivity index (χ2n) is 5.48. The van der Waals surface area contributed by atoms with Crippen LogP contribution in [0.2, 0.25) is 5.02 Å². The Morgan fingerprint density at radius 3 is 2.55 bits per heavy atom. The third-order valence-electron chi connectivity index (χ3n) is 3.37. The number of carbonyl (C=O) groups is 1. The van der Waals surface area contributed by atoms with Gasteiger partial charge in [0.1, 0.15) is 10.7 Å². The Morgan fingerprint density at radius 2 is 2.07 bits per heavy atom. The Bertz CT molecular complexity index is 1160. The molecule has 2 aromatic heterocycles. The van der Waals surface area contributed by atoms with E-state index < -0.39 is 20.9 Å². The van der Waals surface area contributed by atoms with Gasteiger partial charge in [0, 0.05) is 17.3 Å². The highest BCUT2D eigenvalue weighted by Gasteiger charge is 2.17. The van der Waals surface area contributed by atoms with Crippen LogP contribution in [0, 0.1) is 0 Å². The van der Waals surface area contributed by atoms with Crippen LogP contribution in [0.25, 0.3) is 0 Å². The summed E-state index contributed by atoms with van der Waals surface area (Å²) in [6.45, 7) is 0.193. The Morgan fingerprint density at radius 1 is 1.34 bits per heavy atom. The lowest BCUT2D eigenvalue weighted by molar-refractivity contribution is -0.402. The highest BCUT2D eigenvalue weighted by Crippen LogP contribution is 2.28. The number of aromatic amines is 2. The number of hydrogen-bond donors (Lipinski definition) is 4. The molecule has 29 heavy (non-hydrogen) atoms. The molecule has 154 valence electrons. The fraction of sp³-hybridized carbons (Fsp3) is 0.0625. The molecule has 0 aliphatic rings. The average molecular weight is 442 g/mol. The first-order chi connectivity index (χ1) is 13.6. The minimum Gasteiger partial charge on any atom is -0.545 e. The predicted octanol–water partition coefficient (Wildman–Crippen LogP) is -0.673. The maximum Gasteiger partial charge on any atom is 0.495 e. The molecule has 0 amide bonds. The Labute approximate surface area is 169 Å². The van der Waals surface area contributed by atoms with Gasteiger partial charge in [-0.1, -0.05) is 11.6 Å². The van der Waals surface area contributed by atoms with Crippen LogP contribution in [0.5, 0.6) is 0 Å². The summed E-state index contributed by atoms with van der Waals surface area (Å²) in [6.07, 6.45) is 2.95. The third kappa shape index (κ3) is 6.34. The number of carboxylic acids is 1. The van der Waals surface area contributed by atoms with Crippen molar-refractivity contribution >= 4 is 39.1 Å². The van der Waals surface area contributed by atoms with Crippen LogP contribution in [0.4, 0.5) is 11.5 Å². The van der Waals surface area contributed by atoms with Gasteiger partial charge in [-0.25, -0.2) is 18.5 Å². The van der Waals surface area contributed by atoms with Crippen molar-refractivity contribution in [1.82, 2.24) is 4.98 Å². The Hall–Kier alpha value is -3.35. The van der Waals surface area contributed by atoms with Crippen molar-refractivity contribution in [2.45, 2.75) is 11.4 Å². The summed E-state index contributed by atoms with van der Waals surface area (Å²) in [6, 6.07) is 6.95. The summed E-state index contributed by atoms with van der Waals surface area (Å²) >= 11 is 5.82. The lowest BCUT2D eigenvalue weighted by Crippen LogP contribution is -2.28. The van der Waals surface area contributed by atoms with Gasteiger partial charge in [0.05, 0.1) is 30.0 Å². The van der Waals surface area contributed by atoms with E-state index in [4.69, 9.17) is 26.9 Å². The molecular formula is C16H16ClN5O6S. The van der Waals surface area contributed by atoms with Gasteiger partial charge in [0.25, 0.3) is 0 Å². The van der Waals surface area contributed by atoms with Gasteiger partial charge in [0.2, 0.25) is 10.0 Å². The minimum atomic E-state index is -4.13. The molecule has 11 nitrogen and oxygen atoms in total. The Balaban J connectivity index is 0.000000313. The standard InChI is InChI=1S/C12H11ClN2O5S.C4H5N3O/c13-9-5-10(15-6-7-2-1-3-20-7)8(12(16)17)4-11(9)21(14,18)19;5-3-1-2-6-4(8)7-3/h1-5,15H,6H2,(H,16,17)(H2,14,18,19);1-2H,(H3,5,6,7,8). The zero-order chi connectivity index (χ0) is 21.6. The van der Waals surface area contributed by atoms with Crippen molar-refractivity contribution in [3.05, 3.63) is 69.6 Å². The smallest absolute Gasteiger partial charge is 0.495 e. The van der Waals surface area contributed by atoms with Crippen LogP contribution < -0.4 is 32.0 Å². The number of carbonyl (C=O) groups excluding carboxylic acids is 1. The third-order valence-corrected chi connectivity index (χ3v) is 4.74. The van der Waals surface area contributed by atoms with E-state index in [9.17, 15) is 23.1 Å². The average Bonchev–Trinajstić information content (AvgIpc) is 3.12. The quantitative estimate of drug-likeness (QED) is 0.399. The normalized spacial score (nSPS) is 10.7. The molecule has 0 unspecified atom stereocenters. The number of nitrogens with two attached hydrogens (primary N) is 2. The van der Waals surface area contributed by atoms with Crippen molar-refractivity contribution in [3.8, 4) is 0 Å². The summed E-state index contributed by atoms with van der Waals surface area (Å²) in [7, 11) is -4.13. The molecule has 0 atom stereocenters. The number of benzene rings is 1. The number of halogens is 1. The molecule has 0 bridgehead atoms. The first kappa shape index (κ1) is 21.9. The maximum absolute atomic E-state index is 11.3. The first-order valence-electron chi connectivity index (χ1n) is 7.78.